The zero-order chi connectivity index (χ0) is 22.3. The molecule has 0 unspecified atom stereocenters. The van der Waals surface area contributed by atoms with Crippen LogP contribution in [0.3, 0.4) is 0 Å². The van der Waals surface area contributed by atoms with Crippen LogP contribution < -0.4 is 10.0 Å². The summed E-state index contributed by atoms with van der Waals surface area (Å²) in [6, 6.07) is 12.7. The number of hydrogen-bond acceptors (Lipinski definition) is 5. The van der Waals surface area contributed by atoms with E-state index in [9.17, 15) is 17.6 Å². The van der Waals surface area contributed by atoms with Crippen molar-refractivity contribution in [3.05, 3.63) is 65.5 Å². The standard InChI is InChI=1S/C22H28FN3O4S/c1-17-2-8-20(9-3-17)31(28,29)25-11-10-22(27)24-16-21(26-12-14-30-15-13-26)18-4-6-19(23)7-5-18/h2-9,21,25H,10-16H2,1H3,(H,24,27)/t21-/m1/s1. The van der Waals surface area contributed by atoms with E-state index in [0.717, 1.165) is 11.1 Å². The molecule has 1 aliphatic rings. The third-order valence-corrected chi connectivity index (χ3v) is 6.69. The second kappa shape index (κ2) is 10.8. The minimum atomic E-state index is -3.66. The van der Waals surface area contributed by atoms with Crippen LogP contribution in [0.2, 0.25) is 0 Å². The number of aryl methyl sites for hydroxylation is 1. The van der Waals surface area contributed by atoms with Crippen LogP contribution in [0.4, 0.5) is 4.39 Å². The first-order valence-corrected chi connectivity index (χ1v) is 11.7. The van der Waals surface area contributed by atoms with Crippen molar-refractivity contribution in [3.8, 4) is 0 Å². The maximum absolute atomic E-state index is 13.3. The third-order valence-electron chi connectivity index (χ3n) is 5.21. The lowest BCUT2D eigenvalue weighted by atomic mass is 10.0. The molecule has 9 heteroatoms. The van der Waals surface area contributed by atoms with Gasteiger partial charge in [0.25, 0.3) is 0 Å². The highest BCUT2D eigenvalue weighted by Crippen LogP contribution is 2.21. The van der Waals surface area contributed by atoms with Crippen LogP contribution in [0.1, 0.15) is 23.6 Å². The van der Waals surface area contributed by atoms with E-state index in [1.165, 1.54) is 24.3 Å². The van der Waals surface area contributed by atoms with Crippen molar-refractivity contribution in [2.24, 2.45) is 0 Å². The van der Waals surface area contributed by atoms with Gasteiger partial charge >= 0.3 is 0 Å². The van der Waals surface area contributed by atoms with E-state index >= 15 is 0 Å². The van der Waals surface area contributed by atoms with Gasteiger partial charge in [-0.2, -0.15) is 0 Å². The molecule has 2 aromatic carbocycles. The number of nitrogens with one attached hydrogen (secondary N) is 2. The lowest BCUT2D eigenvalue weighted by Gasteiger charge is -2.35. The Morgan fingerprint density at radius 3 is 2.39 bits per heavy atom. The lowest BCUT2D eigenvalue weighted by molar-refractivity contribution is -0.121. The molecular weight excluding hydrogens is 421 g/mol. The molecule has 0 bridgehead atoms. The number of carbonyl (C=O) groups is 1. The van der Waals surface area contributed by atoms with E-state index < -0.39 is 10.0 Å². The van der Waals surface area contributed by atoms with E-state index in [2.05, 4.69) is 14.9 Å². The summed E-state index contributed by atoms with van der Waals surface area (Å²) in [7, 11) is -3.66. The minimum absolute atomic E-state index is 0.000806. The van der Waals surface area contributed by atoms with Crippen LogP contribution in [0.15, 0.2) is 53.4 Å². The summed E-state index contributed by atoms with van der Waals surface area (Å²) in [4.78, 5) is 14.7. The summed E-state index contributed by atoms with van der Waals surface area (Å²) >= 11 is 0. The average molecular weight is 450 g/mol. The lowest BCUT2D eigenvalue weighted by Crippen LogP contribution is -2.44. The molecule has 0 radical (unpaired) electrons. The maximum atomic E-state index is 13.3. The molecule has 2 N–H and O–H groups in total. The van der Waals surface area contributed by atoms with Crippen LogP contribution in [0, 0.1) is 12.7 Å². The number of morpholine rings is 1. The number of amides is 1. The van der Waals surface area contributed by atoms with Crippen LogP contribution >= 0.6 is 0 Å². The van der Waals surface area contributed by atoms with E-state index in [4.69, 9.17) is 4.74 Å². The first kappa shape index (κ1) is 23.3. The Balaban J connectivity index is 1.53. The van der Waals surface area contributed by atoms with Gasteiger partial charge in [-0.05, 0) is 36.8 Å². The first-order chi connectivity index (χ1) is 14.8. The fourth-order valence-electron chi connectivity index (χ4n) is 3.43. The molecule has 2 aromatic rings. The minimum Gasteiger partial charge on any atom is -0.379 e. The normalized spacial score (nSPS) is 16.1. The average Bonchev–Trinajstić information content (AvgIpc) is 2.76. The van der Waals surface area contributed by atoms with E-state index in [1.807, 2.05) is 6.92 Å². The first-order valence-electron chi connectivity index (χ1n) is 10.3. The number of benzene rings is 2. The van der Waals surface area contributed by atoms with Crippen molar-refractivity contribution in [2.45, 2.75) is 24.3 Å². The maximum Gasteiger partial charge on any atom is 0.240 e. The Labute approximate surface area is 182 Å². The Hall–Kier alpha value is -2.33. The van der Waals surface area contributed by atoms with E-state index in [-0.39, 0.29) is 35.6 Å². The molecule has 0 spiro atoms. The Bertz CT molecular complexity index is 959. The predicted molar refractivity (Wildman–Crippen MR) is 116 cm³/mol. The summed E-state index contributed by atoms with van der Waals surface area (Å²) < 4.78 is 45.8. The number of nitrogens with zero attached hydrogens (tertiary/aromatic N) is 1. The van der Waals surface area contributed by atoms with Gasteiger partial charge in [0, 0.05) is 32.6 Å². The van der Waals surface area contributed by atoms with Gasteiger partial charge in [-0.25, -0.2) is 17.5 Å². The highest BCUT2D eigenvalue weighted by molar-refractivity contribution is 7.89. The quantitative estimate of drug-likeness (QED) is 0.611. The third kappa shape index (κ3) is 6.83. The fraction of sp³-hybridized carbons (Fsp3) is 0.409. The van der Waals surface area contributed by atoms with Crippen molar-refractivity contribution in [3.63, 3.8) is 0 Å². The topological polar surface area (TPSA) is 87.7 Å². The second-order valence-corrected chi connectivity index (χ2v) is 9.25. The van der Waals surface area contributed by atoms with Crippen LogP contribution in [-0.4, -0.2) is 58.6 Å². The fourth-order valence-corrected chi connectivity index (χ4v) is 4.46. The van der Waals surface area contributed by atoms with Gasteiger partial charge in [-0.3, -0.25) is 9.69 Å². The SMILES string of the molecule is Cc1ccc(S(=O)(=O)NCCC(=O)NC[C@H](c2ccc(F)cc2)N2CCOCC2)cc1. The Kier molecular flexibility index (Phi) is 8.14. The molecule has 0 saturated carbocycles. The molecule has 1 aliphatic heterocycles. The molecule has 7 nitrogen and oxygen atoms in total. The molecule has 31 heavy (non-hydrogen) atoms. The number of ether oxygens (including phenoxy) is 1. The van der Waals surface area contributed by atoms with Crippen molar-refractivity contribution in [2.75, 3.05) is 39.4 Å². The van der Waals surface area contributed by atoms with Gasteiger partial charge in [-0.1, -0.05) is 29.8 Å². The van der Waals surface area contributed by atoms with Gasteiger partial charge in [-0.15, -0.1) is 0 Å². The molecule has 0 aliphatic carbocycles. The molecule has 1 heterocycles. The van der Waals surface area contributed by atoms with Crippen molar-refractivity contribution in [1.29, 1.82) is 0 Å². The number of carbonyl (C=O) groups excluding carboxylic acids is 1. The van der Waals surface area contributed by atoms with Gasteiger partial charge in [0.05, 0.1) is 24.2 Å². The van der Waals surface area contributed by atoms with Crippen LogP contribution in [0.25, 0.3) is 0 Å². The molecule has 1 saturated heterocycles. The van der Waals surface area contributed by atoms with Gasteiger partial charge in [0.15, 0.2) is 0 Å². The summed E-state index contributed by atoms with van der Waals surface area (Å²) in [6.07, 6.45) is 0.0182. The van der Waals surface area contributed by atoms with Crippen molar-refractivity contribution in [1.82, 2.24) is 14.9 Å². The number of hydrogen-bond donors (Lipinski definition) is 2. The number of sulfonamides is 1. The summed E-state index contributed by atoms with van der Waals surface area (Å²) in [5.74, 6) is -0.568. The highest BCUT2D eigenvalue weighted by Gasteiger charge is 2.23. The second-order valence-electron chi connectivity index (χ2n) is 7.48. The largest absolute Gasteiger partial charge is 0.379 e. The predicted octanol–water partition coefficient (Wildman–Crippen LogP) is 1.99. The van der Waals surface area contributed by atoms with Gasteiger partial charge < -0.3 is 10.1 Å². The molecule has 1 atom stereocenters. The molecular formula is C22H28FN3O4S. The Morgan fingerprint density at radius 1 is 1.10 bits per heavy atom. The molecule has 3 rings (SSSR count). The number of rotatable bonds is 9. The summed E-state index contributed by atoms with van der Waals surface area (Å²) in [6.45, 7) is 4.86. The van der Waals surface area contributed by atoms with E-state index in [1.54, 1.807) is 24.3 Å². The monoisotopic (exact) mass is 449 g/mol. The molecule has 1 amide bonds. The molecule has 0 aromatic heterocycles. The zero-order valence-electron chi connectivity index (χ0n) is 17.5. The summed E-state index contributed by atoms with van der Waals surface area (Å²) in [5, 5.41) is 2.88. The smallest absolute Gasteiger partial charge is 0.240 e. The molecule has 168 valence electrons. The van der Waals surface area contributed by atoms with E-state index in [0.29, 0.717) is 32.8 Å². The summed E-state index contributed by atoms with van der Waals surface area (Å²) in [5.41, 5.74) is 1.87. The van der Waals surface area contributed by atoms with Crippen molar-refractivity contribution >= 4 is 15.9 Å². The number of halogens is 1. The Morgan fingerprint density at radius 2 is 1.74 bits per heavy atom. The van der Waals surface area contributed by atoms with Crippen LogP contribution in [0.5, 0.6) is 0 Å². The van der Waals surface area contributed by atoms with Crippen LogP contribution in [-0.2, 0) is 19.6 Å². The molecule has 1 fully saturated rings. The highest BCUT2D eigenvalue weighted by atomic mass is 32.2. The zero-order valence-corrected chi connectivity index (χ0v) is 18.3. The van der Waals surface area contributed by atoms with Crippen molar-refractivity contribution < 1.29 is 22.3 Å². The van der Waals surface area contributed by atoms with Gasteiger partial charge in [0.1, 0.15) is 5.82 Å². The van der Waals surface area contributed by atoms with Gasteiger partial charge in [0.2, 0.25) is 15.9 Å².